The van der Waals surface area contributed by atoms with Crippen LogP contribution in [0.25, 0.3) is 10.9 Å². The van der Waals surface area contributed by atoms with E-state index in [4.69, 9.17) is 9.88 Å². The van der Waals surface area contributed by atoms with Crippen LogP contribution in [0.3, 0.4) is 0 Å². The highest BCUT2D eigenvalue weighted by Crippen LogP contribution is 2.22. The van der Waals surface area contributed by atoms with E-state index in [9.17, 15) is 18.0 Å². The molecule has 3 rings (SSSR count). The van der Waals surface area contributed by atoms with Gasteiger partial charge >= 0.3 is 5.97 Å². The van der Waals surface area contributed by atoms with E-state index in [0.29, 0.717) is 5.56 Å². The lowest BCUT2D eigenvalue weighted by atomic mass is 10.2. The van der Waals surface area contributed by atoms with Crippen LogP contribution < -0.4 is 10.5 Å². The van der Waals surface area contributed by atoms with Crippen molar-refractivity contribution in [3.8, 4) is 0 Å². The fraction of sp³-hybridized carbons (Fsp3) is 0.158. The lowest BCUT2D eigenvalue weighted by Crippen LogP contribution is -2.30. The number of anilines is 1. The van der Waals surface area contributed by atoms with Crippen LogP contribution >= 0.6 is 0 Å². The molecule has 0 aliphatic carbocycles. The van der Waals surface area contributed by atoms with Crippen molar-refractivity contribution in [3.05, 3.63) is 60.3 Å². The summed E-state index contributed by atoms with van der Waals surface area (Å²) in [6.45, 7) is 1.43. The maximum atomic E-state index is 12.5. The van der Waals surface area contributed by atoms with Crippen LogP contribution in [-0.2, 0) is 26.6 Å². The molecule has 0 saturated carbocycles. The van der Waals surface area contributed by atoms with E-state index >= 15 is 0 Å². The Balaban J connectivity index is 1.73. The largest absolute Gasteiger partial charge is 0.449 e. The van der Waals surface area contributed by atoms with Gasteiger partial charge in [-0.3, -0.25) is 4.79 Å². The molecule has 9 heteroatoms. The minimum atomic E-state index is -3.89. The molecule has 1 unspecified atom stereocenters. The van der Waals surface area contributed by atoms with Crippen LogP contribution in [-0.4, -0.2) is 31.0 Å². The Morgan fingerprint density at radius 1 is 1.14 bits per heavy atom. The fourth-order valence-electron chi connectivity index (χ4n) is 2.78. The van der Waals surface area contributed by atoms with Crippen LogP contribution in [0.1, 0.15) is 17.3 Å². The smallest absolute Gasteiger partial charge is 0.341 e. The van der Waals surface area contributed by atoms with E-state index < -0.39 is 28.0 Å². The van der Waals surface area contributed by atoms with Gasteiger partial charge in [-0.05, 0) is 31.2 Å². The number of sulfonamides is 1. The SMILES string of the molecule is CC(OC(=O)c1cn(C)c2ccccc12)C(=O)Nc1cccc(S(N)(=O)=O)c1. The molecule has 1 amide bonds. The molecule has 0 aliphatic rings. The van der Waals surface area contributed by atoms with Crippen molar-refractivity contribution in [2.45, 2.75) is 17.9 Å². The summed E-state index contributed by atoms with van der Waals surface area (Å²) < 4.78 is 29.9. The Morgan fingerprint density at radius 3 is 2.57 bits per heavy atom. The number of hydrogen-bond donors (Lipinski definition) is 2. The molecular formula is C19H19N3O5S. The molecule has 3 N–H and O–H groups in total. The molecule has 28 heavy (non-hydrogen) atoms. The number of nitrogens with one attached hydrogen (secondary N) is 1. The second kappa shape index (κ2) is 7.45. The highest BCUT2D eigenvalue weighted by atomic mass is 32.2. The number of ether oxygens (including phenoxy) is 1. The van der Waals surface area contributed by atoms with Crippen LogP contribution in [0.5, 0.6) is 0 Å². The number of nitrogens with zero attached hydrogens (tertiary/aromatic N) is 1. The topological polar surface area (TPSA) is 120 Å². The van der Waals surface area contributed by atoms with Crippen molar-refractivity contribution in [2.75, 3.05) is 5.32 Å². The van der Waals surface area contributed by atoms with Gasteiger partial charge in [0.1, 0.15) is 0 Å². The van der Waals surface area contributed by atoms with Crippen LogP contribution in [0, 0.1) is 0 Å². The Bertz CT molecular complexity index is 1170. The van der Waals surface area contributed by atoms with Gasteiger partial charge in [0.05, 0.1) is 10.5 Å². The molecule has 3 aromatic rings. The summed E-state index contributed by atoms with van der Waals surface area (Å²) in [6.07, 6.45) is 0.553. The number of amides is 1. The molecule has 0 radical (unpaired) electrons. The van der Waals surface area contributed by atoms with Crippen molar-refractivity contribution >= 4 is 38.5 Å². The summed E-state index contributed by atoms with van der Waals surface area (Å²) in [5, 5.41) is 8.32. The number of rotatable bonds is 5. The average Bonchev–Trinajstić information content (AvgIpc) is 2.98. The average molecular weight is 401 g/mol. The first-order valence-electron chi connectivity index (χ1n) is 8.35. The van der Waals surface area contributed by atoms with Crippen molar-refractivity contribution in [1.29, 1.82) is 0 Å². The van der Waals surface area contributed by atoms with Crippen molar-refractivity contribution < 1.29 is 22.7 Å². The quantitative estimate of drug-likeness (QED) is 0.634. The van der Waals surface area contributed by atoms with E-state index in [2.05, 4.69) is 5.32 Å². The number of esters is 1. The van der Waals surface area contributed by atoms with Crippen molar-refractivity contribution in [1.82, 2.24) is 4.57 Å². The Kier molecular flexibility index (Phi) is 5.21. The molecule has 0 fully saturated rings. The molecule has 146 valence electrons. The van der Waals surface area contributed by atoms with Crippen LogP contribution in [0.15, 0.2) is 59.6 Å². The summed E-state index contributed by atoms with van der Waals surface area (Å²) >= 11 is 0. The van der Waals surface area contributed by atoms with Gasteiger partial charge in [-0.2, -0.15) is 0 Å². The third-order valence-corrected chi connectivity index (χ3v) is 5.11. The zero-order chi connectivity index (χ0) is 20.5. The van der Waals surface area contributed by atoms with Gasteiger partial charge in [0, 0.05) is 29.8 Å². The molecule has 8 nitrogen and oxygen atoms in total. The number of aryl methyl sites for hydroxylation is 1. The highest BCUT2D eigenvalue weighted by molar-refractivity contribution is 7.89. The standard InChI is InChI=1S/C19H19N3O5S/c1-12(18(23)21-13-6-5-7-14(10-13)28(20,25)26)27-19(24)16-11-22(2)17-9-4-3-8-15(16)17/h3-12H,1-2H3,(H,21,23)(H2,20,25,26). The fourth-order valence-corrected chi connectivity index (χ4v) is 3.34. The van der Waals surface area contributed by atoms with Crippen LogP contribution in [0.2, 0.25) is 0 Å². The third kappa shape index (κ3) is 4.05. The summed E-state index contributed by atoms with van der Waals surface area (Å²) in [5.41, 5.74) is 1.45. The normalized spacial score (nSPS) is 12.5. The van der Waals surface area contributed by atoms with E-state index in [0.717, 1.165) is 10.9 Å². The number of fused-ring (bicyclic) bond motifs is 1. The van der Waals surface area contributed by atoms with Gasteiger partial charge in [0.25, 0.3) is 5.91 Å². The molecule has 0 bridgehead atoms. The summed E-state index contributed by atoms with van der Waals surface area (Å²) in [5.74, 6) is -1.22. The third-order valence-electron chi connectivity index (χ3n) is 4.20. The maximum Gasteiger partial charge on any atom is 0.341 e. The zero-order valence-electron chi connectivity index (χ0n) is 15.2. The Hall–Kier alpha value is -3.17. The van der Waals surface area contributed by atoms with Gasteiger partial charge < -0.3 is 14.6 Å². The predicted molar refractivity (Wildman–Crippen MR) is 104 cm³/mol. The monoisotopic (exact) mass is 401 g/mol. The number of carbonyl (C=O) groups is 2. The molecule has 0 saturated heterocycles. The summed E-state index contributed by atoms with van der Waals surface area (Å²) in [4.78, 5) is 24.7. The van der Waals surface area contributed by atoms with E-state index in [1.807, 2.05) is 25.2 Å². The number of primary sulfonamides is 1. The number of para-hydroxylation sites is 1. The van der Waals surface area contributed by atoms with E-state index in [1.54, 1.807) is 16.8 Å². The van der Waals surface area contributed by atoms with Gasteiger partial charge in [0.2, 0.25) is 10.0 Å². The molecule has 1 aromatic heterocycles. The summed E-state index contributed by atoms with van der Waals surface area (Å²) in [6, 6.07) is 12.8. The predicted octanol–water partition coefficient (Wildman–Crippen LogP) is 2.01. The molecule has 2 aromatic carbocycles. The number of carbonyl (C=O) groups excluding carboxylic acids is 2. The Labute approximate surface area is 162 Å². The second-order valence-electron chi connectivity index (χ2n) is 6.28. The lowest BCUT2D eigenvalue weighted by Gasteiger charge is -2.13. The van der Waals surface area contributed by atoms with Gasteiger partial charge in [0.15, 0.2) is 6.10 Å². The molecule has 0 spiro atoms. The van der Waals surface area contributed by atoms with E-state index in [-0.39, 0.29) is 10.6 Å². The minimum Gasteiger partial charge on any atom is -0.449 e. The van der Waals surface area contributed by atoms with E-state index in [1.165, 1.54) is 31.2 Å². The first-order valence-corrected chi connectivity index (χ1v) is 9.90. The van der Waals surface area contributed by atoms with Crippen molar-refractivity contribution in [2.24, 2.45) is 12.2 Å². The molecular weight excluding hydrogens is 382 g/mol. The van der Waals surface area contributed by atoms with Crippen molar-refractivity contribution in [3.63, 3.8) is 0 Å². The zero-order valence-corrected chi connectivity index (χ0v) is 16.1. The first kappa shape index (κ1) is 19.6. The molecule has 0 aliphatic heterocycles. The Morgan fingerprint density at radius 2 is 1.86 bits per heavy atom. The van der Waals surface area contributed by atoms with Crippen LogP contribution in [0.4, 0.5) is 5.69 Å². The second-order valence-corrected chi connectivity index (χ2v) is 7.84. The first-order chi connectivity index (χ1) is 13.2. The highest BCUT2D eigenvalue weighted by Gasteiger charge is 2.22. The minimum absolute atomic E-state index is 0.134. The number of benzene rings is 2. The molecule has 1 heterocycles. The van der Waals surface area contributed by atoms with Gasteiger partial charge in [-0.15, -0.1) is 0 Å². The lowest BCUT2D eigenvalue weighted by molar-refractivity contribution is -0.123. The van der Waals surface area contributed by atoms with Gasteiger partial charge in [-0.25, -0.2) is 18.4 Å². The molecule has 1 atom stereocenters. The van der Waals surface area contributed by atoms with Gasteiger partial charge in [-0.1, -0.05) is 24.3 Å². The summed E-state index contributed by atoms with van der Waals surface area (Å²) in [7, 11) is -2.08. The number of hydrogen-bond acceptors (Lipinski definition) is 5. The maximum absolute atomic E-state index is 12.5. The number of aromatic nitrogens is 1. The number of nitrogens with two attached hydrogens (primary N) is 1.